The largest absolute Gasteiger partial charge is 0.481 e. The van der Waals surface area contributed by atoms with Crippen molar-refractivity contribution in [2.24, 2.45) is 29.4 Å². The quantitative estimate of drug-likeness (QED) is 0.0173. The van der Waals surface area contributed by atoms with Crippen LogP contribution >= 0.6 is 11.3 Å². The molecule has 1 aliphatic heterocycles. The predicted octanol–water partition coefficient (Wildman–Crippen LogP) is 5.28. The molecule has 1 aliphatic rings. The maximum absolute atomic E-state index is 14.8. The second kappa shape index (κ2) is 32.6. The highest BCUT2D eigenvalue weighted by Crippen LogP contribution is 2.31. The van der Waals surface area contributed by atoms with E-state index >= 15 is 0 Å². The Kier molecular flexibility index (Phi) is 26.8. The number of carboxylic acid groups (broad SMARTS) is 1. The Bertz CT molecular complexity index is 2770. The maximum atomic E-state index is 14.8. The number of anilines is 1. The fourth-order valence-corrected chi connectivity index (χ4v) is 10.9. The molecule has 22 nitrogen and oxygen atoms in total. The summed E-state index contributed by atoms with van der Waals surface area (Å²) in [6.45, 7) is 18.4. The highest BCUT2D eigenvalue weighted by atomic mass is 32.1. The number of ether oxygens (including phenoxy) is 1. The number of aromatic nitrogens is 1. The first-order valence-corrected chi connectivity index (χ1v) is 29.9. The Labute approximate surface area is 498 Å². The number of carbonyl (C=O) groups is 10. The van der Waals surface area contributed by atoms with Gasteiger partial charge in [0.05, 0.1) is 19.5 Å². The number of nitrogens with two attached hydrogens (primary N) is 1. The first kappa shape index (κ1) is 69.1. The second-order valence-electron chi connectivity index (χ2n) is 23.1. The normalized spacial score (nSPS) is 16.2. The molecule has 2 aromatic carbocycles. The van der Waals surface area contributed by atoms with E-state index in [0.29, 0.717) is 41.1 Å². The average Bonchev–Trinajstić information content (AvgIpc) is 3.75. The van der Waals surface area contributed by atoms with Crippen molar-refractivity contribution in [2.45, 2.75) is 163 Å². The summed E-state index contributed by atoms with van der Waals surface area (Å²) in [4.78, 5) is 139. The van der Waals surface area contributed by atoms with E-state index < -0.39 is 102 Å². The monoisotopic (exact) mass is 1190 g/mol. The molecule has 0 spiro atoms. The van der Waals surface area contributed by atoms with Gasteiger partial charge in [-0.1, -0.05) is 111 Å². The van der Waals surface area contributed by atoms with E-state index in [9.17, 15) is 53.1 Å². The lowest BCUT2D eigenvalue weighted by atomic mass is 9.93. The molecule has 10 atom stereocenters. The van der Waals surface area contributed by atoms with Crippen molar-refractivity contribution < 1.29 is 62.3 Å². The summed E-state index contributed by atoms with van der Waals surface area (Å²) < 4.78 is 6.16. The van der Waals surface area contributed by atoms with E-state index in [1.165, 1.54) is 13.8 Å². The van der Waals surface area contributed by atoms with Crippen LogP contribution in [0.15, 0.2) is 72.1 Å². The lowest BCUT2D eigenvalue weighted by molar-refractivity contribution is -0.915. The van der Waals surface area contributed by atoms with Crippen LogP contribution < -0.4 is 32.3 Å². The number of carboxylic acids is 1. The number of hydrogen-bond donors (Lipinski definition) is 7. The van der Waals surface area contributed by atoms with Gasteiger partial charge in [-0.3, -0.25) is 52.8 Å². The van der Waals surface area contributed by atoms with Crippen LogP contribution in [0, 0.1) is 23.7 Å². The second-order valence-corrected chi connectivity index (χ2v) is 24.0. The number of esters is 1. The van der Waals surface area contributed by atoms with Crippen molar-refractivity contribution in [1.82, 2.24) is 36.1 Å². The van der Waals surface area contributed by atoms with Crippen molar-refractivity contribution >= 4 is 76.2 Å². The summed E-state index contributed by atoms with van der Waals surface area (Å²) in [5.74, 6) is -7.68. The number of unbranched alkanes of at least 4 members (excludes halogenated alkanes) is 2. The zero-order chi connectivity index (χ0) is 62.6. The van der Waals surface area contributed by atoms with Crippen molar-refractivity contribution in [1.29, 1.82) is 0 Å². The Morgan fingerprint density at radius 3 is 1.99 bits per heavy atom. The summed E-state index contributed by atoms with van der Waals surface area (Å²) in [5, 5.41) is 25.7. The molecule has 0 bridgehead atoms. The molecule has 1 aromatic heterocycles. The fraction of sp³-hybridized carbons (Fsp3) is 0.557. The first-order chi connectivity index (χ1) is 39.6. The first-order valence-electron chi connectivity index (χ1n) is 29.0. The molecular formula is C61H89N10O12S+. The van der Waals surface area contributed by atoms with Gasteiger partial charge in [-0.25, -0.2) is 4.98 Å². The highest BCUT2D eigenvalue weighted by Gasteiger charge is 2.39. The smallest absolute Gasteiger partial charge is 0.306 e. The van der Waals surface area contributed by atoms with E-state index in [1.54, 1.807) is 50.2 Å². The van der Waals surface area contributed by atoms with Crippen LogP contribution in [0.5, 0.6) is 0 Å². The van der Waals surface area contributed by atoms with Gasteiger partial charge in [0.25, 0.3) is 23.6 Å². The fourth-order valence-electron chi connectivity index (χ4n) is 10.1. The van der Waals surface area contributed by atoms with Crippen LogP contribution in [0.3, 0.4) is 0 Å². The van der Waals surface area contributed by atoms with Gasteiger partial charge in [-0.05, 0) is 68.1 Å². The predicted molar refractivity (Wildman–Crippen MR) is 319 cm³/mol. The summed E-state index contributed by atoms with van der Waals surface area (Å²) in [5.41, 5.74) is 8.09. The summed E-state index contributed by atoms with van der Waals surface area (Å²) in [7, 11) is 3.67. The molecule has 23 heteroatoms. The molecule has 8 amide bonds. The number of quaternary nitrogens is 1. The molecule has 84 heavy (non-hydrogen) atoms. The number of benzene rings is 2. The molecule has 1 unspecified atom stereocenters. The lowest BCUT2D eigenvalue weighted by Crippen LogP contribution is -2.59. The minimum atomic E-state index is -1.34. The third-order valence-corrected chi connectivity index (χ3v) is 16.2. The maximum Gasteiger partial charge on any atom is 0.306 e. The Morgan fingerprint density at radius 1 is 0.786 bits per heavy atom. The average molecular weight is 1190 g/mol. The van der Waals surface area contributed by atoms with Gasteiger partial charge < -0.3 is 51.5 Å². The zero-order valence-corrected chi connectivity index (χ0v) is 51.6. The lowest BCUT2D eigenvalue weighted by Gasteiger charge is -2.38. The minimum Gasteiger partial charge on any atom is -0.481 e. The SMILES string of the molecule is CCCCC[N+](C)(CC(=O)N[C@H](C(=O)N(C)[C@H](C[C@@H](OC(C)=O)c1nc(C(=O)N[C@@H](Cc2ccccc2)C[C@H](C)C(=O)O)cs1)C(C)C)[C@@H](C)CC)Cc1ccc(NC(=O)[C@H](C)NC(=O)[C@@H](NC(=O)[C@H](CN)N2C(=O)C=CC2=O)C(C)C)cc1. The Balaban J connectivity index is 1.44. The van der Waals surface area contributed by atoms with E-state index in [-0.39, 0.29) is 55.3 Å². The third-order valence-electron chi connectivity index (χ3n) is 15.2. The molecule has 3 aromatic rings. The van der Waals surface area contributed by atoms with E-state index in [0.717, 1.165) is 58.8 Å². The van der Waals surface area contributed by atoms with Gasteiger partial charge in [-0.15, -0.1) is 11.3 Å². The number of nitrogens with zero attached hydrogens (tertiary/aromatic N) is 4. The van der Waals surface area contributed by atoms with Crippen LogP contribution in [0.2, 0.25) is 0 Å². The van der Waals surface area contributed by atoms with Crippen LogP contribution in [0.25, 0.3) is 0 Å². The van der Waals surface area contributed by atoms with Crippen molar-refractivity contribution in [3.05, 3.63) is 94.0 Å². The van der Waals surface area contributed by atoms with Crippen LogP contribution in [-0.2, 0) is 60.9 Å². The molecule has 0 radical (unpaired) electrons. The number of likely N-dealkylation sites (N-methyl/N-ethyl adjacent to an activating group) is 2. The molecule has 0 saturated heterocycles. The van der Waals surface area contributed by atoms with Crippen LogP contribution in [-0.4, -0.2) is 154 Å². The van der Waals surface area contributed by atoms with E-state index in [2.05, 4.69) is 38.5 Å². The Morgan fingerprint density at radius 2 is 1.43 bits per heavy atom. The number of rotatable bonds is 34. The van der Waals surface area contributed by atoms with Gasteiger partial charge in [0.1, 0.15) is 41.4 Å². The number of carbonyl (C=O) groups excluding carboxylic acids is 9. The van der Waals surface area contributed by atoms with E-state index in [1.807, 2.05) is 77.2 Å². The topological polar surface area (TPSA) is 306 Å². The number of hydrogen-bond acceptors (Lipinski definition) is 14. The zero-order valence-electron chi connectivity index (χ0n) is 50.8. The minimum absolute atomic E-state index is 0.0490. The van der Waals surface area contributed by atoms with Gasteiger partial charge in [0.15, 0.2) is 12.6 Å². The molecule has 0 fully saturated rings. The standard InChI is InChI=1S/C61H88N10O12S/c1-13-15-19-28-71(12,33-43-22-24-44(25-23-43)64-55(76)40(9)63-58(79)53(37(5)6)68-57(78)48(32-62)70-51(74)26-27-52(70)75)34-50(73)67-54(38(7)14-2)60(80)69(11)47(36(3)4)31-49(83-41(10)72)59-66-46(35-84-59)56(77)65-45(29-39(8)61(81)82)30-42-20-17-16-18-21-42/h16-18,20-27,35-40,45,47-49,53-54H,13-15,19,28-34,62H2,1-12H3,(H5-,63,64,65,67,68,73,76,77,78,79,81,82)/p+1/t38-,39-,40-,45+,47+,48-,49+,53-,54-,71?/m0/s1. The molecule has 4 rings (SSSR count). The molecule has 2 heterocycles. The molecule has 460 valence electrons. The molecule has 0 aliphatic carbocycles. The molecule has 8 N–H and O–H groups in total. The van der Waals surface area contributed by atoms with Gasteiger partial charge >= 0.3 is 11.9 Å². The van der Waals surface area contributed by atoms with Gasteiger partial charge in [-0.2, -0.15) is 0 Å². The van der Waals surface area contributed by atoms with Crippen molar-refractivity contribution in [3.63, 3.8) is 0 Å². The number of thiazole rings is 1. The van der Waals surface area contributed by atoms with Gasteiger partial charge in [0.2, 0.25) is 23.6 Å². The third kappa shape index (κ3) is 20.5. The number of nitrogens with one attached hydrogen (secondary N) is 5. The van der Waals surface area contributed by atoms with Crippen molar-refractivity contribution in [2.75, 3.05) is 39.0 Å². The van der Waals surface area contributed by atoms with Gasteiger partial charge in [0, 0.05) is 67.8 Å². The number of aliphatic carboxylic acids is 1. The summed E-state index contributed by atoms with van der Waals surface area (Å²) >= 11 is 1.14. The highest BCUT2D eigenvalue weighted by molar-refractivity contribution is 7.09. The number of imide groups is 1. The van der Waals surface area contributed by atoms with Crippen molar-refractivity contribution in [3.8, 4) is 0 Å². The molecule has 0 saturated carbocycles. The summed E-state index contributed by atoms with van der Waals surface area (Å²) in [6, 6.07) is 11.1. The molecular weight excluding hydrogens is 1100 g/mol. The number of amides is 8. The van der Waals surface area contributed by atoms with E-state index in [4.69, 9.17) is 10.5 Å². The van der Waals surface area contributed by atoms with Crippen LogP contribution in [0.1, 0.15) is 140 Å². The summed E-state index contributed by atoms with van der Waals surface area (Å²) in [6.07, 6.45) is 5.16. The Hall–Kier alpha value is -7.37. The van der Waals surface area contributed by atoms with Crippen LogP contribution in [0.4, 0.5) is 5.69 Å².